The Morgan fingerprint density at radius 2 is 1.73 bits per heavy atom. The molecule has 0 aliphatic heterocycles. The fraction of sp³-hybridized carbons (Fsp3) is 0.300. The van der Waals surface area contributed by atoms with Gasteiger partial charge in [-0.3, -0.25) is 9.59 Å². The van der Waals surface area contributed by atoms with Gasteiger partial charge < -0.3 is 10.6 Å². The van der Waals surface area contributed by atoms with Crippen molar-refractivity contribution in [2.45, 2.75) is 32.6 Å². The van der Waals surface area contributed by atoms with Crippen LogP contribution in [0.2, 0.25) is 5.02 Å². The van der Waals surface area contributed by atoms with E-state index in [9.17, 15) is 9.59 Å². The van der Waals surface area contributed by atoms with Crippen LogP contribution in [0.5, 0.6) is 0 Å². The number of aryl methyl sites for hydroxylation is 1. The molecule has 0 atom stereocenters. The molecule has 26 heavy (non-hydrogen) atoms. The number of anilines is 2. The molecule has 2 rings (SSSR count). The number of thioether (sulfide) groups is 1. The first-order valence-corrected chi connectivity index (χ1v) is 9.79. The number of hydrogen-bond acceptors (Lipinski definition) is 3. The fourth-order valence-electron chi connectivity index (χ4n) is 2.15. The minimum absolute atomic E-state index is 0.0886. The van der Waals surface area contributed by atoms with Crippen LogP contribution < -0.4 is 10.6 Å². The van der Waals surface area contributed by atoms with Crippen molar-refractivity contribution in [3.8, 4) is 0 Å². The SMILES string of the molecule is CSc1ccc(Cl)c(C(=O)Nc2cc(NC(=O)C(C)(C)C)ccc2C)c1. The standard InChI is InChI=1S/C20H23ClN2O2S/c1-12-6-7-13(22-19(25)20(2,3)4)10-17(12)23-18(24)15-11-14(26-5)8-9-16(15)21/h6-11H,1-5H3,(H,22,25)(H,23,24). The van der Waals surface area contributed by atoms with Gasteiger partial charge in [0, 0.05) is 21.7 Å². The molecule has 0 aliphatic carbocycles. The van der Waals surface area contributed by atoms with Gasteiger partial charge in [-0.1, -0.05) is 38.4 Å². The Balaban J connectivity index is 2.25. The van der Waals surface area contributed by atoms with E-state index in [0.29, 0.717) is 22.0 Å². The van der Waals surface area contributed by atoms with Gasteiger partial charge in [0.2, 0.25) is 5.91 Å². The summed E-state index contributed by atoms with van der Waals surface area (Å²) >= 11 is 7.72. The highest BCUT2D eigenvalue weighted by Gasteiger charge is 2.21. The Kier molecular flexibility index (Phi) is 6.37. The predicted octanol–water partition coefficient (Wildman–Crippen LogP) is 5.61. The maximum Gasteiger partial charge on any atom is 0.257 e. The molecule has 2 aromatic carbocycles. The summed E-state index contributed by atoms with van der Waals surface area (Å²) < 4.78 is 0. The fourth-order valence-corrected chi connectivity index (χ4v) is 2.79. The lowest BCUT2D eigenvalue weighted by Crippen LogP contribution is -2.27. The van der Waals surface area contributed by atoms with Crippen molar-refractivity contribution in [2.24, 2.45) is 5.41 Å². The second-order valence-electron chi connectivity index (χ2n) is 7.03. The van der Waals surface area contributed by atoms with E-state index in [1.165, 1.54) is 0 Å². The van der Waals surface area contributed by atoms with E-state index in [1.807, 2.05) is 52.1 Å². The second-order valence-corrected chi connectivity index (χ2v) is 8.32. The van der Waals surface area contributed by atoms with Gasteiger partial charge in [-0.15, -0.1) is 11.8 Å². The van der Waals surface area contributed by atoms with E-state index in [4.69, 9.17) is 11.6 Å². The van der Waals surface area contributed by atoms with Gasteiger partial charge in [0.25, 0.3) is 5.91 Å². The molecule has 0 unspecified atom stereocenters. The minimum Gasteiger partial charge on any atom is -0.326 e. The van der Waals surface area contributed by atoms with Gasteiger partial charge in [-0.05, 0) is 49.1 Å². The highest BCUT2D eigenvalue weighted by molar-refractivity contribution is 7.98. The summed E-state index contributed by atoms with van der Waals surface area (Å²) in [7, 11) is 0. The minimum atomic E-state index is -0.500. The average Bonchev–Trinajstić information content (AvgIpc) is 2.57. The molecular formula is C20H23ClN2O2S. The Labute approximate surface area is 163 Å². The summed E-state index contributed by atoms with van der Waals surface area (Å²) in [5.74, 6) is -0.373. The number of carbonyl (C=O) groups is 2. The topological polar surface area (TPSA) is 58.2 Å². The van der Waals surface area contributed by atoms with Crippen LogP contribution in [0.25, 0.3) is 0 Å². The molecule has 4 nitrogen and oxygen atoms in total. The normalized spacial score (nSPS) is 11.2. The molecule has 0 bridgehead atoms. The second kappa shape index (κ2) is 8.14. The van der Waals surface area contributed by atoms with E-state index in [0.717, 1.165) is 10.5 Å². The molecule has 0 radical (unpaired) electrons. The summed E-state index contributed by atoms with van der Waals surface area (Å²) in [6, 6.07) is 10.8. The lowest BCUT2D eigenvalue weighted by Gasteiger charge is -2.18. The summed E-state index contributed by atoms with van der Waals surface area (Å²) in [6.45, 7) is 7.44. The molecule has 0 fully saturated rings. The van der Waals surface area contributed by atoms with Crippen molar-refractivity contribution in [1.29, 1.82) is 0 Å². The zero-order chi connectivity index (χ0) is 19.5. The van der Waals surface area contributed by atoms with Gasteiger partial charge in [-0.2, -0.15) is 0 Å². The summed E-state index contributed by atoms with van der Waals surface area (Å²) in [6.07, 6.45) is 1.94. The molecule has 0 aliphatic rings. The van der Waals surface area contributed by atoms with Crippen molar-refractivity contribution in [3.05, 3.63) is 52.5 Å². The maximum absolute atomic E-state index is 12.7. The number of hydrogen-bond donors (Lipinski definition) is 2. The van der Waals surface area contributed by atoms with Crippen LogP contribution in [0.3, 0.4) is 0 Å². The van der Waals surface area contributed by atoms with Crippen molar-refractivity contribution in [2.75, 3.05) is 16.9 Å². The van der Waals surface area contributed by atoms with Gasteiger partial charge in [0.1, 0.15) is 0 Å². The van der Waals surface area contributed by atoms with Crippen LogP contribution in [-0.2, 0) is 4.79 Å². The monoisotopic (exact) mass is 390 g/mol. The van der Waals surface area contributed by atoms with Crippen LogP contribution in [0, 0.1) is 12.3 Å². The molecule has 0 heterocycles. The van der Waals surface area contributed by atoms with E-state index in [-0.39, 0.29) is 11.8 Å². The van der Waals surface area contributed by atoms with Crippen LogP contribution in [0.1, 0.15) is 36.7 Å². The van der Waals surface area contributed by atoms with E-state index >= 15 is 0 Å². The molecule has 138 valence electrons. The van der Waals surface area contributed by atoms with E-state index in [2.05, 4.69) is 10.6 Å². The molecule has 6 heteroatoms. The largest absolute Gasteiger partial charge is 0.326 e. The molecule has 0 saturated carbocycles. The first kappa shape index (κ1) is 20.3. The third-order valence-corrected chi connectivity index (χ3v) is 4.90. The van der Waals surface area contributed by atoms with Gasteiger partial charge in [0.05, 0.1) is 10.6 Å². The average molecular weight is 391 g/mol. The molecule has 0 spiro atoms. The van der Waals surface area contributed by atoms with Gasteiger partial charge in [-0.25, -0.2) is 0 Å². The molecule has 2 amide bonds. The van der Waals surface area contributed by atoms with Gasteiger partial charge >= 0.3 is 0 Å². The number of halogens is 1. The Hall–Kier alpha value is -1.98. The third kappa shape index (κ3) is 5.02. The lowest BCUT2D eigenvalue weighted by molar-refractivity contribution is -0.123. The lowest BCUT2D eigenvalue weighted by atomic mass is 9.95. The summed E-state index contributed by atoms with van der Waals surface area (Å²) in [5.41, 5.74) is 2.08. The quantitative estimate of drug-likeness (QED) is 0.667. The number of carbonyl (C=O) groups excluding carboxylic acids is 2. The van der Waals surface area contributed by atoms with Crippen LogP contribution >= 0.6 is 23.4 Å². The smallest absolute Gasteiger partial charge is 0.257 e. The molecule has 0 saturated heterocycles. The first-order valence-electron chi connectivity index (χ1n) is 8.19. The van der Waals surface area contributed by atoms with Crippen LogP contribution in [-0.4, -0.2) is 18.1 Å². The zero-order valence-corrected chi connectivity index (χ0v) is 17.1. The predicted molar refractivity (Wildman–Crippen MR) is 110 cm³/mol. The number of rotatable bonds is 4. The highest BCUT2D eigenvalue weighted by Crippen LogP contribution is 2.26. The Morgan fingerprint density at radius 1 is 1.04 bits per heavy atom. The van der Waals surface area contributed by atoms with Crippen LogP contribution in [0.4, 0.5) is 11.4 Å². The molecule has 2 aromatic rings. The number of benzene rings is 2. The van der Waals surface area contributed by atoms with Crippen molar-refractivity contribution >= 4 is 46.6 Å². The molecule has 2 N–H and O–H groups in total. The number of nitrogens with one attached hydrogen (secondary N) is 2. The summed E-state index contributed by atoms with van der Waals surface area (Å²) in [5, 5.41) is 6.16. The maximum atomic E-state index is 12.7. The van der Waals surface area contributed by atoms with Crippen molar-refractivity contribution in [3.63, 3.8) is 0 Å². The van der Waals surface area contributed by atoms with Crippen molar-refractivity contribution in [1.82, 2.24) is 0 Å². The zero-order valence-electron chi connectivity index (χ0n) is 15.6. The first-order chi connectivity index (χ1) is 12.1. The van der Waals surface area contributed by atoms with E-state index < -0.39 is 5.41 Å². The summed E-state index contributed by atoms with van der Waals surface area (Å²) in [4.78, 5) is 25.8. The van der Waals surface area contributed by atoms with Gasteiger partial charge in [0.15, 0.2) is 0 Å². The Morgan fingerprint density at radius 3 is 2.35 bits per heavy atom. The molecular weight excluding hydrogens is 368 g/mol. The van der Waals surface area contributed by atoms with Crippen LogP contribution in [0.15, 0.2) is 41.3 Å². The van der Waals surface area contributed by atoms with Crippen molar-refractivity contribution < 1.29 is 9.59 Å². The Bertz CT molecular complexity index is 844. The van der Waals surface area contributed by atoms with E-state index in [1.54, 1.807) is 30.0 Å². The number of amides is 2. The third-order valence-electron chi connectivity index (χ3n) is 3.84. The molecule has 0 aromatic heterocycles. The highest BCUT2D eigenvalue weighted by atomic mass is 35.5.